The van der Waals surface area contributed by atoms with Crippen molar-refractivity contribution in [2.24, 2.45) is 11.8 Å². The molecule has 1 heterocycles. The van der Waals surface area contributed by atoms with Gasteiger partial charge in [0, 0.05) is 6.42 Å². The van der Waals surface area contributed by atoms with Crippen molar-refractivity contribution >= 4 is 11.9 Å². The zero-order valence-corrected chi connectivity index (χ0v) is 30.7. The number of nitrogens with zero attached hydrogens (tertiary/aromatic N) is 1. The van der Waals surface area contributed by atoms with Crippen molar-refractivity contribution in [1.29, 1.82) is 0 Å². The molecule has 1 unspecified atom stereocenters. The number of unbranched alkanes of at least 4 members (excludes halogenated alkanes) is 16. The molecule has 0 N–H and O–H groups in total. The molecule has 1 atom stereocenters. The summed E-state index contributed by atoms with van der Waals surface area (Å²) in [4.78, 5) is 27.5. The second-order valence-corrected chi connectivity index (χ2v) is 14.4. The fraction of sp³-hybridized carbons (Fsp3) is 0.950. The first-order valence-corrected chi connectivity index (χ1v) is 20.0. The van der Waals surface area contributed by atoms with Gasteiger partial charge in [0.1, 0.15) is 6.10 Å². The highest BCUT2D eigenvalue weighted by atomic mass is 16.5. The molecule has 1 rings (SSSR count). The average molecular weight is 636 g/mol. The molecule has 0 spiro atoms. The van der Waals surface area contributed by atoms with Gasteiger partial charge in [0.05, 0.1) is 12.5 Å². The van der Waals surface area contributed by atoms with Crippen LogP contribution in [0.3, 0.4) is 0 Å². The lowest BCUT2D eigenvalue weighted by Gasteiger charge is -2.29. The van der Waals surface area contributed by atoms with Crippen molar-refractivity contribution < 1.29 is 19.1 Å². The molecular formula is C40H77NO4. The summed E-state index contributed by atoms with van der Waals surface area (Å²) in [5, 5.41) is 0. The summed E-state index contributed by atoms with van der Waals surface area (Å²) in [6.07, 6.45) is 33.1. The Balaban J connectivity index is 2.21. The molecule has 0 aromatic heterocycles. The van der Waals surface area contributed by atoms with Crippen LogP contribution in [0, 0.1) is 11.8 Å². The molecule has 1 fully saturated rings. The SMILES string of the molecule is CCCCCCCCCCC(CCCCCCCCC(=O)OCCC(CCCCC)CCCCC)OC(=O)C1CCN(C)CC1. The zero-order valence-electron chi connectivity index (χ0n) is 30.7. The molecule has 5 heteroatoms. The van der Waals surface area contributed by atoms with Crippen LogP contribution < -0.4 is 0 Å². The third-order valence-corrected chi connectivity index (χ3v) is 10.1. The minimum absolute atomic E-state index is 0.00825. The second kappa shape index (κ2) is 30.2. The monoisotopic (exact) mass is 636 g/mol. The summed E-state index contributed by atoms with van der Waals surface area (Å²) < 4.78 is 11.8. The van der Waals surface area contributed by atoms with Crippen molar-refractivity contribution in [3.63, 3.8) is 0 Å². The number of hydrogen-bond donors (Lipinski definition) is 0. The first-order chi connectivity index (χ1) is 22.0. The average Bonchev–Trinajstić information content (AvgIpc) is 3.03. The highest BCUT2D eigenvalue weighted by Gasteiger charge is 2.26. The lowest BCUT2D eigenvalue weighted by atomic mass is 9.92. The van der Waals surface area contributed by atoms with Crippen LogP contribution in [0.4, 0.5) is 0 Å². The van der Waals surface area contributed by atoms with Crippen LogP contribution in [0.2, 0.25) is 0 Å². The van der Waals surface area contributed by atoms with Gasteiger partial charge in [0.15, 0.2) is 0 Å². The van der Waals surface area contributed by atoms with Crippen LogP contribution in [-0.4, -0.2) is 49.7 Å². The summed E-state index contributed by atoms with van der Waals surface area (Å²) in [7, 11) is 2.14. The molecule has 0 aliphatic carbocycles. The Labute approximate surface area is 280 Å². The van der Waals surface area contributed by atoms with Gasteiger partial charge in [-0.15, -0.1) is 0 Å². The van der Waals surface area contributed by atoms with Gasteiger partial charge in [-0.3, -0.25) is 9.59 Å². The number of likely N-dealkylation sites (tertiary alicyclic amines) is 1. The van der Waals surface area contributed by atoms with Gasteiger partial charge in [-0.25, -0.2) is 0 Å². The van der Waals surface area contributed by atoms with E-state index in [-0.39, 0.29) is 24.0 Å². The molecule has 266 valence electrons. The van der Waals surface area contributed by atoms with E-state index in [1.165, 1.54) is 122 Å². The van der Waals surface area contributed by atoms with E-state index in [9.17, 15) is 9.59 Å². The Morgan fingerprint density at radius 1 is 0.600 bits per heavy atom. The largest absolute Gasteiger partial charge is 0.466 e. The molecule has 0 amide bonds. The number of hydrogen-bond acceptors (Lipinski definition) is 5. The van der Waals surface area contributed by atoms with Crippen LogP contribution in [-0.2, 0) is 19.1 Å². The second-order valence-electron chi connectivity index (χ2n) is 14.4. The van der Waals surface area contributed by atoms with Crippen molar-refractivity contribution in [2.45, 2.75) is 207 Å². The number of piperidine rings is 1. The normalized spacial score (nSPS) is 15.0. The van der Waals surface area contributed by atoms with Crippen molar-refractivity contribution in [3.05, 3.63) is 0 Å². The maximum atomic E-state index is 12.9. The smallest absolute Gasteiger partial charge is 0.309 e. The quantitative estimate of drug-likeness (QED) is 0.0560. The fourth-order valence-corrected chi connectivity index (χ4v) is 6.83. The van der Waals surface area contributed by atoms with E-state index in [0.717, 1.165) is 64.5 Å². The molecular weight excluding hydrogens is 558 g/mol. The van der Waals surface area contributed by atoms with E-state index in [0.29, 0.717) is 18.9 Å². The lowest BCUT2D eigenvalue weighted by molar-refractivity contribution is -0.156. The van der Waals surface area contributed by atoms with E-state index in [1.54, 1.807) is 0 Å². The summed E-state index contributed by atoms with van der Waals surface area (Å²) in [5.74, 6) is 0.856. The van der Waals surface area contributed by atoms with Crippen molar-refractivity contribution in [3.8, 4) is 0 Å². The zero-order chi connectivity index (χ0) is 32.8. The van der Waals surface area contributed by atoms with E-state index in [2.05, 4.69) is 32.7 Å². The standard InChI is InChI=1S/C40H77NO4/c1-5-8-11-12-13-14-17-22-27-38(45-40(43)37-30-33-41(4)34-31-37)28-23-18-15-16-19-24-29-39(42)44-35-32-36(25-20-9-6-2)26-21-10-7-3/h36-38H,5-35H2,1-4H3. The Hall–Kier alpha value is -1.10. The first kappa shape index (κ1) is 41.9. The molecule has 45 heavy (non-hydrogen) atoms. The molecule has 1 saturated heterocycles. The van der Waals surface area contributed by atoms with E-state index in [1.807, 2.05) is 0 Å². The number of ether oxygens (including phenoxy) is 2. The maximum absolute atomic E-state index is 12.9. The van der Waals surface area contributed by atoms with Crippen molar-refractivity contribution in [2.75, 3.05) is 26.7 Å². The molecule has 0 aromatic rings. The minimum atomic E-state index is -0.00825. The van der Waals surface area contributed by atoms with E-state index >= 15 is 0 Å². The minimum Gasteiger partial charge on any atom is -0.466 e. The summed E-state index contributed by atoms with van der Waals surface area (Å²) >= 11 is 0. The van der Waals surface area contributed by atoms with Gasteiger partial charge in [-0.2, -0.15) is 0 Å². The summed E-state index contributed by atoms with van der Waals surface area (Å²) in [6, 6.07) is 0. The van der Waals surface area contributed by atoms with E-state index in [4.69, 9.17) is 9.47 Å². The van der Waals surface area contributed by atoms with Gasteiger partial charge in [0.25, 0.3) is 0 Å². The van der Waals surface area contributed by atoms with Crippen LogP contribution in [0.5, 0.6) is 0 Å². The number of carbonyl (C=O) groups excluding carboxylic acids is 2. The van der Waals surface area contributed by atoms with Gasteiger partial charge < -0.3 is 14.4 Å². The van der Waals surface area contributed by atoms with Crippen LogP contribution in [0.25, 0.3) is 0 Å². The Morgan fingerprint density at radius 2 is 1.04 bits per heavy atom. The van der Waals surface area contributed by atoms with Crippen LogP contribution in [0.1, 0.15) is 201 Å². The predicted octanol–water partition coefficient (Wildman–Crippen LogP) is 11.6. The number of rotatable bonds is 31. The molecule has 1 aliphatic heterocycles. The van der Waals surface area contributed by atoms with E-state index < -0.39 is 0 Å². The van der Waals surface area contributed by atoms with Gasteiger partial charge >= 0.3 is 11.9 Å². The highest BCUT2D eigenvalue weighted by Crippen LogP contribution is 2.23. The topological polar surface area (TPSA) is 55.8 Å². The molecule has 5 nitrogen and oxygen atoms in total. The maximum Gasteiger partial charge on any atom is 0.309 e. The summed E-state index contributed by atoms with van der Waals surface area (Å²) in [6.45, 7) is 9.40. The molecule has 1 aliphatic rings. The third-order valence-electron chi connectivity index (χ3n) is 10.1. The Bertz CT molecular complexity index is 665. The Kier molecular flexibility index (Phi) is 28.2. The number of esters is 2. The molecule has 0 saturated carbocycles. The Morgan fingerprint density at radius 3 is 1.58 bits per heavy atom. The highest BCUT2D eigenvalue weighted by molar-refractivity contribution is 5.72. The van der Waals surface area contributed by atoms with Gasteiger partial charge in [-0.1, -0.05) is 143 Å². The van der Waals surface area contributed by atoms with Gasteiger partial charge in [-0.05, 0) is 77.4 Å². The third kappa shape index (κ3) is 24.7. The molecule has 0 radical (unpaired) electrons. The van der Waals surface area contributed by atoms with Crippen LogP contribution >= 0.6 is 0 Å². The molecule has 0 aromatic carbocycles. The summed E-state index contributed by atoms with van der Waals surface area (Å²) in [5.41, 5.74) is 0. The van der Waals surface area contributed by atoms with Crippen LogP contribution in [0.15, 0.2) is 0 Å². The predicted molar refractivity (Wildman–Crippen MR) is 192 cm³/mol. The van der Waals surface area contributed by atoms with Gasteiger partial charge in [0.2, 0.25) is 0 Å². The first-order valence-electron chi connectivity index (χ1n) is 20.0. The fourth-order valence-electron chi connectivity index (χ4n) is 6.83. The molecule has 0 bridgehead atoms. The van der Waals surface area contributed by atoms with Crippen molar-refractivity contribution in [1.82, 2.24) is 4.90 Å². The lowest BCUT2D eigenvalue weighted by Crippen LogP contribution is -2.35. The number of carbonyl (C=O) groups is 2.